The Morgan fingerprint density at radius 1 is 1.31 bits per heavy atom. The Morgan fingerprint density at radius 2 is 2.08 bits per heavy atom. The first-order valence-corrected chi connectivity index (χ1v) is 9.28. The number of carbonyl (C=O) groups excluding carboxylic acids is 1. The molecule has 0 fully saturated rings. The Labute approximate surface area is 154 Å². The van der Waals surface area contributed by atoms with Crippen molar-refractivity contribution in [3.8, 4) is 10.6 Å². The smallest absolute Gasteiger partial charge is 0.350 e. The first-order valence-electron chi connectivity index (χ1n) is 7.58. The van der Waals surface area contributed by atoms with Crippen molar-refractivity contribution in [1.82, 2.24) is 15.5 Å². The Bertz CT molecular complexity index is 927. The Morgan fingerprint density at radius 3 is 2.73 bits per heavy atom. The zero-order chi connectivity index (χ0) is 18.9. The number of alkyl halides is 3. The van der Waals surface area contributed by atoms with Crippen LogP contribution in [-0.2, 0) is 12.6 Å². The van der Waals surface area contributed by atoms with Crippen molar-refractivity contribution in [2.24, 2.45) is 0 Å². The number of halogens is 3. The topological polar surface area (TPSA) is 68.0 Å². The van der Waals surface area contributed by atoms with Crippen LogP contribution in [0.4, 0.5) is 13.2 Å². The van der Waals surface area contributed by atoms with Gasteiger partial charge in [0.2, 0.25) is 5.76 Å². The molecule has 0 aromatic carbocycles. The van der Waals surface area contributed by atoms with Crippen LogP contribution < -0.4 is 5.32 Å². The summed E-state index contributed by atoms with van der Waals surface area (Å²) in [7, 11) is 0. The number of aromatic nitrogens is 2. The van der Waals surface area contributed by atoms with Crippen LogP contribution in [0.15, 0.2) is 22.0 Å². The zero-order valence-electron chi connectivity index (χ0n) is 13.8. The molecule has 0 spiro atoms. The lowest BCUT2D eigenvalue weighted by Gasteiger charge is -2.07. The SMILES string of the molecule is Cc1nc(-c2ccc(CCNC(=O)c3onc(C)c3C(F)(F)F)s2)cs1. The summed E-state index contributed by atoms with van der Waals surface area (Å²) in [5, 5.41) is 8.64. The maximum atomic E-state index is 13.0. The van der Waals surface area contributed by atoms with Crippen LogP contribution in [0.2, 0.25) is 0 Å². The maximum Gasteiger partial charge on any atom is 0.422 e. The Kier molecular flexibility index (Phi) is 5.15. The first-order chi connectivity index (χ1) is 12.3. The molecule has 0 aliphatic heterocycles. The number of amides is 1. The minimum Gasteiger partial charge on any atom is -0.350 e. The highest BCUT2D eigenvalue weighted by molar-refractivity contribution is 7.16. The predicted molar refractivity (Wildman–Crippen MR) is 92.4 cm³/mol. The number of nitrogens with one attached hydrogen (secondary N) is 1. The molecule has 26 heavy (non-hydrogen) atoms. The molecule has 0 saturated heterocycles. The van der Waals surface area contributed by atoms with Crippen molar-refractivity contribution in [3.05, 3.63) is 44.4 Å². The monoisotopic (exact) mass is 401 g/mol. The van der Waals surface area contributed by atoms with Crippen molar-refractivity contribution in [3.63, 3.8) is 0 Å². The number of thiazole rings is 1. The highest BCUT2D eigenvalue weighted by atomic mass is 32.1. The molecule has 1 amide bonds. The second-order valence-corrected chi connectivity index (χ2v) is 7.72. The number of rotatable bonds is 5. The lowest BCUT2D eigenvalue weighted by atomic mass is 10.2. The molecule has 0 atom stereocenters. The number of carbonyl (C=O) groups is 1. The molecule has 0 radical (unpaired) electrons. The van der Waals surface area contributed by atoms with Crippen LogP contribution >= 0.6 is 22.7 Å². The summed E-state index contributed by atoms with van der Waals surface area (Å²) in [6, 6.07) is 3.86. The summed E-state index contributed by atoms with van der Waals surface area (Å²) >= 11 is 3.10. The molecule has 3 heterocycles. The zero-order valence-corrected chi connectivity index (χ0v) is 15.4. The van der Waals surface area contributed by atoms with E-state index < -0.39 is 23.4 Å². The molecule has 0 aliphatic carbocycles. The molecule has 138 valence electrons. The summed E-state index contributed by atoms with van der Waals surface area (Å²) in [6.45, 7) is 3.26. The molecule has 5 nitrogen and oxygen atoms in total. The van der Waals surface area contributed by atoms with E-state index in [0.717, 1.165) is 27.4 Å². The van der Waals surface area contributed by atoms with Gasteiger partial charge >= 0.3 is 6.18 Å². The van der Waals surface area contributed by atoms with E-state index in [2.05, 4.69) is 20.0 Å². The highest BCUT2D eigenvalue weighted by Crippen LogP contribution is 2.34. The minimum absolute atomic E-state index is 0.186. The molecular weight excluding hydrogens is 387 g/mol. The second kappa shape index (κ2) is 7.20. The fourth-order valence-electron chi connectivity index (χ4n) is 2.36. The van der Waals surface area contributed by atoms with Crippen LogP contribution in [0.5, 0.6) is 0 Å². The van der Waals surface area contributed by atoms with Gasteiger partial charge in [-0.3, -0.25) is 4.79 Å². The van der Waals surface area contributed by atoms with Gasteiger partial charge in [-0.1, -0.05) is 5.16 Å². The van der Waals surface area contributed by atoms with Gasteiger partial charge in [-0.05, 0) is 32.4 Å². The largest absolute Gasteiger partial charge is 0.422 e. The number of nitrogens with zero attached hydrogens (tertiary/aromatic N) is 2. The van der Waals surface area contributed by atoms with Gasteiger partial charge < -0.3 is 9.84 Å². The van der Waals surface area contributed by atoms with E-state index in [1.807, 2.05) is 24.4 Å². The van der Waals surface area contributed by atoms with Crippen molar-refractivity contribution in [2.75, 3.05) is 6.54 Å². The van der Waals surface area contributed by atoms with Crippen LogP contribution in [0.25, 0.3) is 10.6 Å². The third kappa shape index (κ3) is 3.96. The number of thiophene rings is 1. The van der Waals surface area contributed by atoms with E-state index in [0.29, 0.717) is 6.42 Å². The molecule has 0 unspecified atom stereocenters. The van der Waals surface area contributed by atoms with Gasteiger partial charge in [0.15, 0.2) is 0 Å². The first kappa shape index (κ1) is 18.6. The van der Waals surface area contributed by atoms with Crippen LogP contribution in [0.3, 0.4) is 0 Å². The Balaban J connectivity index is 1.61. The highest BCUT2D eigenvalue weighted by Gasteiger charge is 2.41. The van der Waals surface area contributed by atoms with Crippen LogP contribution in [0, 0.1) is 13.8 Å². The predicted octanol–water partition coefficient (Wildman–Crippen LogP) is 4.47. The van der Waals surface area contributed by atoms with E-state index in [4.69, 9.17) is 0 Å². The van der Waals surface area contributed by atoms with Crippen molar-refractivity contribution in [1.29, 1.82) is 0 Å². The van der Waals surface area contributed by atoms with E-state index in [9.17, 15) is 18.0 Å². The number of aryl methyl sites for hydroxylation is 2. The molecule has 0 bridgehead atoms. The Hall–Kier alpha value is -2.20. The summed E-state index contributed by atoms with van der Waals surface area (Å²) in [4.78, 5) is 18.4. The summed E-state index contributed by atoms with van der Waals surface area (Å²) in [5.74, 6) is -1.73. The van der Waals surface area contributed by atoms with E-state index in [1.54, 1.807) is 11.3 Å². The van der Waals surface area contributed by atoms with Gasteiger partial charge in [-0.2, -0.15) is 13.2 Å². The van der Waals surface area contributed by atoms with Crippen LogP contribution in [-0.4, -0.2) is 22.6 Å². The number of hydrogen-bond acceptors (Lipinski definition) is 6. The molecule has 1 N–H and O–H groups in total. The van der Waals surface area contributed by atoms with E-state index in [1.165, 1.54) is 11.3 Å². The lowest BCUT2D eigenvalue weighted by molar-refractivity contribution is -0.138. The molecule has 3 aromatic rings. The summed E-state index contributed by atoms with van der Waals surface area (Å²) in [5.41, 5.74) is -0.587. The fraction of sp³-hybridized carbons (Fsp3) is 0.312. The molecule has 0 saturated carbocycles. The van der Waals surface area contributed by atoms with Gasteiger partial charge in [-0.25, -0.2) is 4.98 Å². The van der Waals surface area contributed by atoms with Gasteiger partial charge in [0.1, 0.15) is 5.56 Å². The third-order valence-electron chi connectivity index (χ3n) is 3.54. The molecule has 10 heteroatoms. The van der Waals surface area contributed by atoms with Crippen LogP contribution in [0.1, 0.15) is 31.7 Å². The minimum atomic E-state index is -4.69. The summed E-state index contributed by atoms with van der Waals surface area (Å²) in [6.07, 6.45) is -4.20. The molecule has 0 aliphatic rings. The van der Waals surface area contributed by atoms with Gasteiger partial charge in [0.05, 0.1) is 21.3 Å². The van der Waals surface area contributed by atoms with Crippen molar-refractivity contribution >= 4 is 28.6 Å². The van der Waals surface area contributed by atoms with Crippen molar-refractivity contribution in [2.45, 2.75) is 26.4 Å². The lowest BCUT2D eigenvalue weighted by Crippen LogP contribution is -2.27. The standard InChI is InChI=1S/C16H14F3N3O2S2/c1-8-13(16(17,18)19)14(24-22-8)15(23)20-6-5-10-3-4-12(26-10)11-7-25-9(2)21-11/h3-4,7H,5-6H2,1-2H3,(H,20,23). The van der Waals surface area contributed by atoms with E-state index >= 15 is 0 Å². The van der Waals surface area contributed by atoms with Crippen molar-refractivity contribution < 1.29 is 22.5 Å². The second-order valence-electron chi connectivity index (χ2n) is 5.49. The van der Waals surface area contributed by atoms with Gasteiger partial charge in [-0.15, -0.1) is 22.7 Å². The number of hydrogen-bond donors (Lipinski definition) is 1. The molecule has 3 rings (SSSR count). The average molecular weight is 401 g/mol. The summed E-state index contributed by atoms with van der Waals surface area (Å²) < 4.78 is 43.5. The maximum absolute atomic E-state index is 13.0. The molecule has 3 aromatic heterocycles. The fourth-order valence-corrected chi connectivity index (χ4v) is 4.02. The quantitative estimate of drug-likeness (QED) is 0.685. The molecular formula is C16H14F3N3O2S2. The third-order valence-corrected chi connectivity index (χ3v) is 5.48. The normalized spacial score (nSPS) is 11.7. The van der Waals surface area contributed by atoms with Gasteiger partial charge in [0.25, 0.3) is 5.91 Å². The van der Waals surface area contributed by atoms with E-state index in [-0.39, 0.29) is 12.2 Å². The average Bonchev–Trinajstić information content (AvgIpc) is 3.25. The van der Waals surface area contributed by atoms with Gasteiger partial charge in [0, 0.05) is 16.8 Å².